The summed E-state index contributed by atoms with van der Waals surface area (Å²) in [7, 11) is 0. The monoisotopic (exact) mass is 177 g/mol. The molecular formula is C11H15NO. The van der Waals surface area contributed by atoms with Gasteiger partial charge in [0.1, 0.15) is 5.75 Å². The fourth-order valence-electron chi connectivity index (χ4n) is 1.83. The molecule has 0 aliphatic carbocycles. The lowest BCUT2D eigenvalue weighted by Crippen LogP contribution is -2.28. The molecular weight excluding hydrogens is 162 g/mol. The Labute approximate surface area is 78.7 Å². The van der Waals surface area contributed by atoms with Gasteiger partial charge < -0.3 is 10.5 Å². The average Bonchev–Trinajstić information content (AvgIpc) is 2.60. The number of hydrogen-bond donors (Lipinski definition) is 1. The Balaban J connectivity index is 2.28. The number of hydrogen-bond acceptors (Lipinski definition) is 2. The lowest BCUT2D eigenvalue weighted by Gasteiger charge is -2.15. The van der Waals surface area contributed by atoms with E-state index in [0.29, 0.717) is 5.92 Å². The number of fused-ring (bicyclic) bond motifs is 1. The normalized spacial score (nSPS) is 22.2. The molecule has 2 heteroatoms. The smallest absolute Gasteiger partial charge is 0.122 e. The topological polar surface area (TPSA) is 35.2 Å². The van der Waals surface area contributed by atoms with Crippen LogP contribution in [0.2, 0.25) is 0 Å². The molecule has 0 aromatic heterocycles. The van der Waals surface area contributed by atoms with E-state index in [2.05, 4.69) is 13.0 Å². The Morgan fingerprint density at radius 3 is 3.08 bits per heavy atom. The van der Waals surface area contributed by atoms with Crippen LogP contribution < -0.4 is 10.5 Å². The molecule has 0 fully saturated rings. The number of benzene rings is 1. The van der Waals surface area contributed by atoms with Crippen molar-refractivity contribution in [2.24, 2.45) is 5.73 Å². The van der Waals surface area contributed by atoms with E-state index in [1.54, 1.807) is 0 Å². The van der Waals surface area contributed by atoms with Gasteiger partial charge in [-0.15, -0.1) is 0 Å². The summed E-state index contributed by atoms with van der Waals surface area (Å²) in [6, 6.07) is 8.39. The molecule has 0 bridgehead atoms. The van der Waals surface area contributed by atoms with Gasteiger partial charge in [-0.3, -0.25) is 0 Å². The molecule has 1 aliphatic heterocycles. The minimum atomic E-state index is 0.226. The lowest BCUT2D eigenvalue weighted by atomic mass is 9.92. The van der Waals surface area contributed by atoms with Crippen molar-refractivity contribution in [2.75, 3.05) is 6.61 Å². The molecule has 70 valence electrons. The van der Waals surface area contributed by atoms with Gasteiger partial charge in [0.2, 0.25) is 0 Å². The summed E-state index contributed by atoms with van der Waals surface area (Å²) in [6.07, 6.45) is 1.00. The van der Waals surface area contributed by atoms with Crippen LogP contribution in [0.3, 0.4) is 0 Å². The molecule has 0 spiro atoms. The van der Waals surface area contributed by atoms with E-state index in [1.165, 1.54) is 5.56 Å². The second-order valence-electron chi connectivity index (χ2n) is 3.53. The van der Waals surface area contributed by atoms with E-state index in [9.17, 15) is 0 Å². The van der Waals surface area contributed by atoms with Crippen LogP contribution in [-0.4, -0.2) is 12.6 Å². The van der Waals surface area contributed by atoms with Crippen molar-refractivity contribution < 1.29 is 4.74 Å². The Kier molecular flexibility index (Phi) is 2.23. The summed E-state index contributed by atoms with van der Waals surface area (Å²) in [4.78, 5) is 0. The number of rotatable bonds is 2. The number of para-hydroxylation sites is 1. The highest BCUT2D eigenvalue weighted by Crippen LogP contribution is 2.35. The van der Waals surface area contributed by atoms with E-state index < -0.39 is 0 Å². The van der Waals surface area contributed by atoms with Crippen LogP contribution >= 0.6 is 0 Å². The molecule has 1 aromatic rings. The van der Waals surface area contributed by atoms with Crippen LogP contribution in [-0.2, 0) is 0 Å². The fourth-order valence-corrected chi connectivity index (χ4v) is 1.83. The predicted molar refractivity (Wildman–Crippen MR) is 52.9 cm³/mol. The van der Waals surface area contributed by atoms with Crippen molar-refractivity contribution in [2.45, 2.75) is 25.3 Å². The molecule has 2 N–H and O–H groups in total. The Morgan fingerprint density at radius 1 is 1.54 bits per heavy atom. The molecule has 13 heavy (non-hydrogen) atoms. The SMILES string of the molecule is CCC(N)C1COc2ccccc21. The standard InChI is InChI=1S/C11H15NO/c1-2-10(12)9-7-13-11-6-4-3-5-8(9)11/h3-6,9-10H,2,7,12H2,1H3. The minimum Gasteiger partial charge on any atom is -0.493 e. The van der Waals surface area contributed by atoms with Crippen LogP contribution in [0.5, 0.6) is 5.75 Å². The largest absolute Gasteiger partial charge is 0.493 e. The first kappa shape index (κ1) is 8.57. The minimum absolute atomic E-state index is 0.226. The number of nitrogens with two attached hydrogens (primary N) is 1. The van der Waals surface area contributed by atoms with Gasteiger partial charge >= 0.3 is 0 Å². The highest BCUT2D eigenvalue weighted by atomic mass is 16.5. The molecule has 0 amide bonds. The Bertz CT molecular complexity index is 298. The summed E-state index contributed by atoms with van der Waals surface area (Å²) in [5, 5.41) is 0. The second-order valence-corrected chi connectivity index (χ2v) is 3.53. The molecule has 1 aromatic carbocycles. The molecule has 0 saturated carbocycles. The van der Waals surface area contributed by atoms with E-state index in [0.717, 1.165) is 18.8 Å². The first-order valence-corrected chi connectivity index (χ1v) is 4.80. The summed E-state index contributed by atoms with van der Waals surface area (Å²) in [5.74, 6) is 1.40. The zero-order valence-electron chi connectivity index (χ0n) is 7.86. The second kappa shape index (κ2) is 3.38. The van der Waals surface area contributed by atoms with Gasteiger partial charge in [-0.25, -0.2) is 0 Å². The zero-order valence-corrected chi connectivity index (χ0v) is 7.86. The fraction of sp³-hybridized carbons (Fsp3) is 0.455. The average molecular weight is 177 g/mol. The van der Waals surface area contributed by atoms with E-state index in [4.69, 9.17) is 10.5 Å². The van der Waals surface area contributed by atoms with Crippen LogP contribution in [0, 0.1) is 0 Å². The maximum absolute atomic E-state index is 6.01. The van der Waals surface area contributed by atoms with Crippen LogP contribution in [0.25, 0.3) is 0 Å². The maximum Gasteiger partial charge on any atom is 0.122 e. The predicted octanol–water partition coefficient (Wildman–Crippen LogP) is 1.90. The van der Waals surface area contributed by atoms with Gasteiger partial charge in [0.05, 0.1) is 6.61 Å². The van der Waals surface area contributed by atoms with Crippen molar-refractivity contribution in [1.29, 1.82) is 0 Å². The molecule has 1 aliphatic rings. The van der Waals surface area contributed by atoms with Crippen LogP contribution in [0.15, 0.2) is 24.3 Å². The first-order valence-electron chi connectivity index (χ1n) is 4.80. The summed E-state index contributed by atoms with van der Waals surface area (Å²) >= 11 is 0. The summed E-state index contributed by atoms with van der Waals surface area (Å²) < 4.78 is 5.55. The van der Waals surface area contributed by atoms with Crippen molar-refractivity contribution in [3.05, 3.63) is 29.8 Å². The van der Waals surface area contributed by atoms with Crippen molar-refractivity contribution in [3.8, 4) is 5.75 Å². The van der Waals surface area contributed by atoms with Gasteiger partial charge in [-0.2, -0.15) is 0 Å². The molecule has 0 saturated heterocycles. The number of ether oxygens (including phenoxy) is 1. The molecule has 0 radical (unpaired) electrons. The van der Waals surface area contributed by atoms with Gasteiger partial charge in [0, 0.05) is 17.5 Å². The van der Waals surface area contributed by atoms with E-state index >= 15 is 0 Å². The Morgan fingerprint density at radius 2 is 2.31 bits per heavy atom. The van der Waals surface area contributed by atoms with Crippen LogP contribution in [0.1, 0.15) is 24.8 Å². The van der Waals surface area contributed by atoms with E-state index in [1.807, 2.05) is 18.2 Å². The molecule has 1 heterocycles. The summed E-state index contributed by atoms with van der Waals surface area (Å²) in [6.45, 7) is 2.86. The highest BCUT2D eigenvalue weighted by Gasteiger charge is 2.27. The Hall–Kier alpha value is -1.02. The van der Waals surface area contributed by atoms with Gasteiger partial charge in [-0.1, -0.05) is 25.1 Å². The summed E-state index contributed by atoms with van der Waals surface area (Å²) in [5.41, 5.74) is 7.29. The van der Waals surface area contributed by atoms with Crippen molar-refractivity contribution in [1.82, 2.24) is 0 Å². The quantitative estimate of drug-likeness (QED) is 0.748. The van der Waals surface area contributed by atoms with Gasteiger partial charge in [-0.05, 0) is 12.5 Å². The third kappa shape index (κ3) is 1.42. The van der Waals surface area contributed by atoms with Crippen LogP contribution in [0.4, 0.5) is 0 Å². The first-order chi connectivity index (χ1) is 6.33. The van der Waals surface area contributed by atoms with Gasteiger partial charge in [0.25, 0.3) is 0 Å². The van der Waals surface area contributed by atoms with Crippen molar-refractivity contribution >= 4 is 0 Å². The highest BCUT2D eigenvalue weighted by molar-refractivity contribution is 5.40. The molecule has 2 atom stereocenters. The van der Waals surface area contributed by atoms with E-state index in [-0.39, 0.29) is 6.04 Å². The molecule has 2 unspecified atom stereocenters. The third-order valence-corrected chi connectivity index (χ3v) is 2.73. The lowest BCUT2D eigenvalue weighted by molar-refractivity contribution is 0.312. The maximum atomic E-state index is 6.01. The zero-order chi connectivity index (χ0) is 9.26. The molecule has 2 nitrogen and oxygen atoms in total. The van der Waals surface area contributed by atoms with Crippen molar-refractivity contribution in [3.63, 3.8) is 0 Å². The van der Waals surface area contributed by atoms with Gasteiger partial charge in [0.15, 0.2) is 0 Å². The molecule has 2 rings (SSSR count). The third-order valence-electron chi connectivity index (χ3n) is 2.73.